The minimum absolute atomic E-state index is 0. The van der Waals surface area contributed by atoms with Crippen molar-refractivity contribution in [1.29, 1.82) is 0 Å². The molecule has 0 radical (unpaired) electrons. The van der Waals surface area contributed by atoms with E-state index in [4.69, 9.17) is 5.73 Å². The van der Waals surface area contributed by atoms with Crippen molar-refractivity contribution < 1.29 is 19.1 Å². The summed E-state index contributed by atoms with van der Waals surface area (Å²) in [6.07, 6.45) is 2.95. The van der Waals surface area contributed by atoms with Gasteiger partial charge in [-0.15, -0.1) is 12.4 Å². The molecule has 9 heteroatoms. The Kier molecular flexibility index (Phi) is 14.2. The fourth-order valence-electron chi connectivity index (χ4n) is 1.71. The largest absolute Gasteiger partial charge is 0.468 e. The van der Waals surface area contributed by atoms with Gasteiger partial charge in [0, 0.05) is 0 Å². The molecule has 4 N–H and O–H groups in total. The van der Waals surface area contributed by atoms with Crippen LogP contribution in [-0.4, -0.2) is 55.5 Å². The summed E-state index contributed by atoms with van der Waals surface area (Å²) in [6.45, 7) is 3.67. The molecule has 23 heavy (non-hydrogen) atoms. The maximum atomic E-state index is 12.1. The third kappa shape index (κ3) is 11.2. The van der Waals surface area contributed by atoms with Crippen LogP contribution in [-0.2, 0) is 19.1 Å². The number of nitrogens with one attached hydrogen (secondary N) is 2. The molecule has 0 heterocycles. The Morgan fingerprint density at radius 3 is 2.30 bits per heavy atom. The topological polar surface area (TPSA) is 111 Å². The monoisotopic (exact) mass is 369 g/mol. The number of halogens is 1. The standard InChI is InChI=1S/C14H27N3O4S.ClH/c1-9(2)7-11(14(20)16-8-12(18)21-3)17-13(19)10(15)5-6-22-4;/h9-11H,5-8,15H2,1-4H3,(H,16,20)(H,17,19);1H/t10-,11-;/m0./s1. The number of ether oxygens (including phenoxy) is 1. The fourth-order valence-corrected chi connectivity index (χ4v) is 2.20. The Hall–Kier alpha value is -0.990. The molecule has 0 aromatic heterocycles. The number of hydrogen-bond acceptors (Lipinski definition) is 6. The van der Waals surface area contributed by atoms with Crippen LogP contribution in [0.3, 0.4) is 0 Å². The molecule has 0 saturated carbocycles. The van der Waals surface area contributed by atoms with Crippen LogP contribution in [0.2, 0.25) is 0 Å². The summed E-state index contributed by atoms with van der Waals surface area (Å²) >= 11 is 1.61. The van der Waals surface area contributed by atoms with Gasteiger partial charge in [-0.1, -0.05) is 13.8 Å². The molecule has 2 amide bonds. The van der Waals surface area contributed by atoms with Crippen molar-refractivity contribution in [3.8, 4) is 0 Å². The van der Waals surface area contributed by atoms with Crippen LogP contribution in [0.15, 0.2) is 0 Å². The van der Waals surface area contributed by atoms with Gasteiger partial charge in [0.2, 0.25) is 11.8 Å². The highest BCUT2D eigenvalue weighted by molar-refractivity contribution is 7.98. The lowest BCUT2D eigenvalue weighted by atomic mass is 10.0. The molecule has 7 nitrogen and oxygen atoms in total. The minimum atomic E-state index is -0.711. The smallest absolute Gasteiger partial charge is 0.325 e. The lowest BCUT2D eigenvalue weighted by molar-refractivity contribution is -0.141. The van der Waals surface area contributed by atoms with Crippen molar-refractivity contribution in [2.24, 2.45) is 11.7 Å². The summed E-state index contributed by atoms with van der Waals surface area (Å²) in [5.41, 5.74) is 5.80. The number of esters is 1. The van der Waals surface area contributed by atoms with Crippen molar-refractivity contribution in [1.82, 2.24) is 10.6 Å². The lowest BCUT2D eigenvalue weighted by Crippen LogP contribution is -2.52. The molecule has 0 rings (SSSR count). The number of hydrogen-bond donors (Lipinski definition) is 3. The quantitative estimate of drug-likeness (QED) is 0.478. The molecule has 0 aliphatic heterocycles. The second kappa shape index (κ2) is 13.4. The Morgan fingerprint density at radius 2 is 1.83 bits per heavy atom. The van der Waals surface area contributed by atoms with Crippen LogP contribution in [0.4, 0.5) is 0 Å². The van der Waals surface area contributed by atoms with E-state index >= 15 is 0 Å². The highest BCUT2D eigenvalue weighted by Crippen LogP contribution is 2.06. The molecule has 0 unspecified atom stereocenters. The Bertz CT molecular complexity index is 383. The number of thioether (sulfide) groups is 1. The SMILES string of the molecule is COC(=O)CNC(=O)[C@H](CC(C)C)NC(=O)[C@@H](N)CCSC.Cl. The first kappa shape index (κ1) is 24.3. The highest BCUT2D eigenvalue weighted by Gasteiger charge is 2.24. The molecule has 0 aromatic carbocycles. The molecule has 0 spiro atoms. The first-order valence-corrected chi connectivity index (χ1v) is 8.60. The van der Waals surface area contributed by atoms with Crippen molar-refractivity contribution in [2.45, 2.75) is 38.8 Å². The second-order valence-corrected chi connectivity index (χ2v) is 6.36. The van der Waals surface area contributed by atoms with Crippen LogP contribution in [0.5, 0.6) is 0 Å². The summed E-state index contributed by atoms with van der Waals surface area (Å²) in [6, 6.07) is -1.35. The van der Waals surface area contributed by atoms with Gasteiger partial charge in [-0.2, -0.15) is 11.8 Å². The molecule has 0 bridgehead atoms. The number of nitrogens with two attached hydrogens (primary N) is 1. The molecule has 0 saturated heterocycles. The summed E-state index contributed by atoms with van der Waals surface area (Å²) in [4.78, 5) is 35.2. The van der Waals surface area contributed by atoms with E-state index in [1.807, 2.05) is 20.1 Å². The third-order valence-electron chi connectivity index (χ3n) is 2.94. The molecular weight excluding hydrogens is 342 g/mol. The molecule has 136 valence electrons. The zero-order valence-electron chi connectivity index (χ0n) is 14.1. The normalized spacial score (nSPS) is 12.8. The number of carbonyl (C=O) groups excluding carboxylic acids is 3. The van der Waals surface area contributed by atoms with Gasteiger partial charge >= 0.3 is 5.97 Å². The van der Waals surface area contributed by atoms with E-state index < -0.39 is 24.0 Å². The average molecular weight is 370 g/mol. The van der Waals surface area contributed by atoms with Gasteiger partial charge < -0.3 is 21.1 Å². The first-order valence-electron chi connectivity index (χ1n) is 7.21. The van der Waals surface area contributed by atoms with E-state index in [9.17, 15) is 14.4 Å². The Balaban J connectivity index is 0. The van der Waals surface area contributed by atoms with Crippen LogP contribution >= 0.6 is 24.2 Å². The van der Waals surface area contributed by atoms with Gasteiger partial charge in [-0.25, -0.2) is 0 Å². The first-order chi connectivity index (χ1) is 10.3. The average Bonchev–Trinajstić information content (AvgIpc) is 2.48. The molecule has 0 aliphatic rings. The van der Waals surface area contributed by atoms with Crippen molar-refractivity contribution in [2.75, 3.05) is 25.7 Å². The highest BCUT2D eigenvalue weighted by atomic mass is 35.5. The molecule has 0 aromatic rings. The molecule has 0 aliphatic carbocycles. The minimum Gasteiger partial charge on any atom is -0.468 e. The van der Waals surface area contributed by atoms with Gasteiger partial charge in [0.25, 0.3) is 0 Å². The fraction of sp³-hybridized carbons (Fsp3) is 0.786. The van der Waals surface area contributed by atoms with Gasteiger partial charge in [0.1, 0.15) is 12.6 Å². The van der Waals surface area contributed by atoms with E-state index in [1.54, 1.807) is 11.8 Å². The van der Waals surface area contributed by atoms with E-state index in [2.05, 4.69) is 15.4 Å². The van der Waals surface area contributed by atoms with Gasteiger partial charge in [-0.3, -0.25) is 14.4 Å². The van der Waals surface area contributed by atoms with E-state index in [1.165, 1.54) is 7.11 Å². The second-order valence-electron chi connectivity index (χ2n) is 5.37. The van der Waals surface area contributed by atoms with Crippen molar-refractivity contribution in [3.05, 3.63) is 0 Å². The zero-order valence-corrected chi connectivity index (χ0v) is 15.7. The summed E-state index contributed by atoms with van der Waals surface area (Å²) in [5.74, 6) is -0.327. The van der Waals surface area contributed by atoms with E-state index in [-0.39, 0.29) is 30.8 Å². The third-order valence-corrected chi connectivity index (χ3v) is 3.59. The maximum Gasteiger partial charge on any atom is 0.325 e. The number of amides is 2. The number of carbonyl (C=O) groups is 3. The Labute approximate surface area is 148 Å². The summed E-state index contributed by atoms with van der Waals surface area (Å²) < 4.78 is 4.46. The zero-order chi connectivity index (χ0) is 17.1. The van der Waals surface area contributed by atoms with Crippen LogP contribution < -0.4 is 16.4 Å². The number of methoxy groups -OCH3 is 1. The van der Waals surface area contributed by atoms with E-state index in [0.717, 1.165) is 5.75 Å². The molecular formula is C14H28ClN3O4S. The number of rotatable bonds is 10. The van der Waals surface area contributed by atoms with Gasteiger partial charge in [0.15, 0.2) is 0 Å². The van der Waals surface area contributed by atoms with Crippen molar-refractivity contribution >= 4 is 42.0 Å². The lowest BCUT2D eigenvalue weighted by Gasteiger charge is -2.21. The maximum absolute atomic E-state index is 12.1. The Morgan fingerprint density at radius 1 is 1.22 bits per heavy atom. The van der Waals surface area contributed by atoms with Crippen LogP contribution in [0, 0.1) is 5.92 Å². The van der Waals surface area contributed by atoms with Gasteiger partial charge in [0.05, 0.1) is 13.2 Å². The summed E-state index contributed by atoms with van der Waals surface area (Å²) in [7, 11) is 1.24. The molecule has 0 fully saturated rings. The van der Waals surface area contributed by atoms with Crippen molar-refractivity contribution in [3.63, 3.8) is 0 Å². The predicted octanol–water partition coefficient (Wildman–Crippen LogP) is 0.309. The summed E-state index contributed by atoms with van der Waals surface area (Å²) in [5, 5.41) is 5.11. The van der Waals surface area contributed by atoms with E-state index in [0.29, 0.717) is 12.8 Å². The van der Waals surface area contributed by atoms with Crippen LogP contribution in [0.25, 0.3) is 0 Å². The van der Waals surface area contributed by atoms with Gasteiger partial charge in [-0.05, 0) is 30.8 Å². The predicted molar refractivity (Wildman–Crippen MR) is 94.6 cm³/mol. The molecule has 2 atom stereocenters. The van der Waals surface area contributed by atoms with Crippen LogP contribution in [0.1, 0.15) is 26.7 Å².